The lowest BCUT2D eigenvalue weighted by Crippen LogP contribution is -2.51. The van der Waals surface area contributed by atoms with E-state index < -0.39 is 5.54 Å². The van der Waals surface area contributed by atoms with E-state index in [4.69, 9.17) is 37.0 Å². The first-order valence-electron chi connectivity index (χ1n) is 25.8. The Bertz CT molecular complexity index is 3460. The molecule has 1 aliphatic rings. The Hall–Kier alpha value is -6.78. The second-order valence-corrected chi connectivity index (χ2v) is 22.8. The molecule has 0 saturated carbocycles. The molecule has 1 aliphatic heterocycles. The van der Waals surface area contributed by atoms with Crippen LogP contribution in [0.5, 0.6) is 0 Å². The van der Waals surface area contributed by atoms with Gasteiger partial charge in [-0.05, 0) is 101 Å². The number of halogens is 2. The summed E-state index contributed by atoms with van der Waals surface area (Å²) in [6, 6.07) is 46.0. The van der Waals surface area contributed by atoms with Crippen molar-refractivity contribution in [3.63, 3.8) is 0 Å². The number of rotatable bonds is 15. The van der Waals surface area contributed by atoms with Gasteiger partial charge in [0.15, 0.2) is 10.9 Å². The van der Waals surface area contributed by atoms with Gasteiger partial charge < -0.3 is 24.4 Å². The number of amidine groups is 1. The molecule has 6 aromatic carbocycles. The fourth-order valence-electron chi connectivity index (χ4n) is 9.84. The molecule has 2 N–H and O–H groups in total. The molecule has 9 nitrogen and oxygen atoms in total. The largest absolute Gasteiger partial charge is 0.459 e. The molecule has 75 heavy (non-hydrogen) atoms. The van der Waals surface area contributed by atoms with Gasteiger partial charge in [-0.15, -0.1) is 0 Å². The molecular formula is C64H68Cl2N4O5. The number of nitrogens with one attached hydrogen (secondary N) is 2. The summed E-state index contributed by atoms with van der Waals surface area (Å²) in [5, 5.41) is 8.84. The average Bonchev–Trinajstić information content (AvgIpc) is 3.69. The second-order valence-electron chi connectivity index (χ2n) is 21.9. The summed E-state index contributed by atoms with van der Waals surface area (Å²) < 4.78 is 13.1. The molecule has 11 heteroatoms. The number of aliphatic imine (C=N–C) groups is 1. The van der Waals surface area contributed by atoms with Crippen molar-refractivity contribution >= 4 is 56.9 Å². The summed E-state index contributed by atoms with van der Waals surface area (Å²) in [4.78, 5) is 48.1. The van der Waals surface area contributed by atoms with Crippen molar-refractivity contribution in [2.45, 2.75) is 105 Å². The molecule has 3 heterocycles. The summed E-state index contributed by atoms with van der Waals surface area (Å²) in [5.41, 5.74) is 7.50. The smallest absolute Gasteiger partial charge is 0.251 e. The number of benzene rings is 6. The van der Waals surface area contributed by atoms with Crippen molar-refractivity contribution < 1.29 is 13.6 Å². The summed E-state index contributed by atoms with van der Waals surface area (Å²) in [5.74, 6) is 2.35. The van der Waals surface area contributed by atoms with E-state index in [1.54, 1.807) is 36.4 Å². The quantitative estimate of drug-likeness (QED) is 0.105. The van der Waals surface area contributed by atoms with Crippen LogP contribution >= 0.6 is 23.2 Å². The van der Waals surface area contributed by atoms with E-state index in [1.165, 1.54) is 5.56 Å². The number of carbonyl (C=O) groups excluding carboxylic acids is 1. The average molecular weight is 1040 g/mol. The van der Waals surface area contributed by atoms with Crippen LogP contribution in [-0.4, -0.2) is 40.8 Å². The van der Waals surface area contributed by atoms with E-state index in [0.717, 1.165) is 34.6 Å². The molecule has 0 aliphatic carbocycles. The minimum absolute atomic E-state index is 0.00491. The fraction of sp³-hybridized carbons (Fsp3) is 0.312. The van der Waals surface area contributed by atoms with Gasteiger partial charge >= 0.3 is 0 Å². The van der Waals surface area contributed by atoms with Crippen LogP contribution in [-0.2, 0) is 12.8 Å². The van der Waals surface area contributed by atoms with Gasteiger partial charge in [0.25, 0.3) is 5.91 Å². The summed E-state index contributed by atoms with van der Waals surface area (Å²) in [6.07, 6.45) is 0.948. The Morgan fingerprint density at radius 3 is 1.64 bits per heavy atom. The third-order valence-corrected chi connectivity index (χ3v) is 14.1. The number of hydrogen-bond acceptors (Lipinski definition) is 8. The monoisotopic (exact) mass is 1040 g/mol. The zero-order chi connectivity index (χ0) is 53.8. The highest BCUT2D eigenvalue weighted by atomic mass is 35.5. The molecule has 2 unspecified atom stereocenters. The maximum absolute atomic E-state index is 14.0. The Morgan fingerprint density at radius 1 is 0.667 bits per heavy atom. The van der Waals surface area contributed by atoms with E-state index in [-0.39, 0.29) is 46.2 Å². The summed E-state index contributed by atoms with van der Waals surface area (Å²) >= 11 is 12.6. The van der Waals surface area contributed by atoms with Crippen LogP contribution in [0.2, 0.25) is 10.0 Å². The minimum Gasteiger partial charge on any atom is -0.459 e. The number of aryl methyl sites for hydroxylation is 2. The third-order valence-electron chi connectivity index (χ3n) is 13.7. The molecular weight excluding hydrogens is 976 g/mol. The first-order valence-corrected chi connectivity index (χ1v) is 26.6. The predicted octanol–water partition coefficient (Wildman–Crippen LogP) is 14.4. The van der Waals surface area contributed by atoms with Crippen molar-refractivity contribution in [3.05, 3.63) is 232 Å². The molecule has 1 amide bonds. The number of carbonyl (C=O) groups is 1. The van der Waals surface area contributed by atoms with Crippen LogP contribution in [0.1, 0.15) is 128 Å². The van der Waals surface area contributed by atoms with Crippen LogP contribution in [0.15, 0.2) is 169 Å². The number of hydrogen-bond donors (Lipinski definition) is 2. The number of fused-ring (bicyclic) bond motifs is 2. The van der Waals surface area contributed by atoms with Gasteiger partial charge in [-0.3, -0.25) is 19.4 Å². The van der Waals surface area contributed by atoms with Crippen molar-refractivity contribution in [1.82, 2.24) is 15.5 Å². The standard InChI is InChI=1S/C32H35ClN2O3.C32H33ClN2O2/c1-20(2)28(34-19-32(4,5)35-31(37)23-13-11-21(3)12-14-23)30-26(17-22-9-7-6-8-10-22)29(36)25-16-15-24(33)18-27(25)38-30;1-20(2)28(35-19-32(4,5)34-31(35)23-13-11-21(3)12-14-23)30-26(17-22-9-7-6-8-10-22)29(36)25-16-15-24(33)18-27(25)37-30/h6-16,18,20,28,34H,17,19H2,1-5H3,(H,35,37);6-16,18,20,28H,17,19H2,1-5H3. The van der Waals surface area contributed by atoms with Crippen LogP contribution in [0, 0.1) is 25.7 Å². The molecule has 2 atom stereocenters. The molecule has 0 saturated heterocycles. The van der Waals surface area contributed by atoms with Crippen molar-refractivity contribution in [1.29, 1.82) is 0 Å². The Morgan fingerprint density at radius 2 is 1.15 bits per heavy atom. The molecule has 388 valence electrons. The Balaban J connectivity index is 0.000000199. The van der Waals surface area contributed by atoms with E-state index >= 15 is 0 Å². The van der Waals surface area contributed by atoms with Gasteiger partial charge in [-0.25, -0.2) is 0 Å². The van der Waals surface area contributed by atoms with Crippen molar-refractivity contribution in [2.24, 2.45) is 16.8 Å². The van der Waals surface area contributed by atoms with Crippen molar-refractivity contribution in [2.75, 3.05) is 13.1 Å². The maximum atomic E-state index is 14.0. The number of amides is 1. The van der Waals surface area contributed by atoms with Gasteiger partial charge in [-0.1, -0.05) is 159 Å². The van der Waals surface area contributed by atoms with Gasteiger partial charge in [0, 0.05) is 75.9 Å². The molecule has 0 radical (unpaired) electrons. The lowest BCUT2D eigenvalue weighted by atomic mass is 9.91. The second kappa shape index (κ2) is 23.0. The maximum Gasteiger partial charge on any atom is 0.251 e. The third kappa shape index (κ3) is 13.0. The van der Waals surface area contributed by atoms with E-state index in [9.17, 15) is 14.4 Å². The van der Waals surface area contributed by atoms with Crippen LogP contribution in [0.4, 0.5) is 0 Å². The van der Waals surface area contributed by atoms with E-state index in [1.807, 2.05) is 93.6 Å². The van der Waals surface area contributed by atoms with Gasteiger partial charge in [-0.2, -0.15) is 0 Å². The highest BCUT2D eigenvalue weighted by Crippen LogP contribution is 2.39. The highest BCUT2D eigenvalue weighted by Gasteiger charge is 2.40. The SMILES string of the molecule is Cc1ccc(C(=O)NC(C)(C)CNC(c2oc3cc(Cl)ccc3c(=O)c2Cc2ccccc2)C(C)C)cc1.Cc1ccc(C2=NC(C)(C)CN2C(c2oc3cc(Cl)ccc3c(=O)c2Cc2ccccc2)C(C)C)cc1. The lowest BCUT2D eigenvalue weighted by Gasteiger charge is -2.35. The predicted molar refractivity (Wildman–Crippen MR) is 308 cm³/mol. The zero-order valence-corrected chi connectivity index (χ0v) is 46.2. The molecule has 0 spiro atoms. The first kappa shape index (κ1) is 54.5. The molecule has 8 aromatic rings. The van der Waals surface area contributed by atoms with Crippen LogP contribution < -0.4 is 21.5 Å². The van der Waals surface area contributed by atoms with Crippen LogP contribution in [0.3, 0.4) is 0 Å². The number of nitrogens with zero attached hydrogens (tertiary/aromatic N) is 2. The van der Waals surface area contributed by atoms with Crippen molar-refractivity contribution in [3.8, 4) is 0 Å². The lowest BCUT2D eigenvalue weighted by molar-refractivity contribution is 0.0909. The Labute approximate surface area is 451 Å². The molecule has 2 aromatic heterocycles. The fourth-order valence-corrected chi connectivity index (χ4v) is 10.2. The van der Waals surface area contributed by atoms with Gasteiger partial charge in [0.2, 0.25) is 0 Å². The van der Waals surface area contributed by atoms with Gasteiger partial charge in [0.1, 0.15) is 28.5 Å². The minimum atomic E-state index is -0.560. The normalized spacial score (nSPS) is 14.2. The summed E-state index contributed by atoms with van der Waals surface area (Å²) in [7, 11) is 0. The van der Waals surface area contributed by atoms with Crippen LogP contribution in [0.25, 0.3) is 21.9 Å². The van der Waals surface area contributed by atoms with Gasteiger partial charge in [0.05, 0.1) is 28.4 Å². The summed E-state index contributed by atoms with van der Waals surface area (Å²) in [6.45, 7) is 22.1. The van der Waals surface area contributed by atoms with E-state index in [2.05, 4.69) is 100 Å². The Kier molecular flexibility index (Phi) is 16.7. The topological polar surface area (TPSA) is 117 Å². The van der Waals surface area contributed by atoms with E-state index in [0.29, 0.717) is 79.6 Å². The molecule has 0 bridgehead atoms. The molecule has 0 fully saturated rings. The highest BCUT2D eigenvalue weighted by molar-refractivity contribution is 6.31. The molecule has 9 rings (SSSR count). The first-order chi connectivity index (χ1) is 35.7. The zero-order valence-electron chi connectivity index (χ0n) is 44.7.